The topological polar surface area (TPSA) is 67.5 Å². The van der Waals surface area contributed by atoms with E-state index in [2.05, 4.69) is 26.1 Å². The van der Waals surface area contributed by atoms with Gasteiger partial charge >= 0.3 is 0 Å². The van der Waals surface area contributed by atoms with E-state index in [0.29, 0.717) is 23.7 Å². The van der Waals surface area contributed by atoms with Gasteiger partial charge in [0, 0.05) is 23.4 Å². The molecule has 0 radical (unpaired) electrons. The van der Waals surface area contributed by atoms with E-state index in [-0.39, 0.29) is 11.9 Å². The molecular formula is C20H26BrN3O3. The molecule has 2 heterocycles. The zero-order valence-corrected chi connectivity index (χ0v) is 17.9. The molecule has 1 N–H and O–H groups in total. The highest BCUT2D eigenvalue weighted by molar-refractivity contribution is 9.10. The molecule has 0 aliphatic carbocycles. The third-order valence-corrected chi connectivity index (χ3v) is 5.55. The number of methoxy groups -OCH3 is 1. The van der Waals surface area contributed by atoms with Gasteiger partial charge in [0.25, 0.3) is 5.91 Å². The van der Waals surface area contributed by atoms with Crippen molar-refractivity contribution in [1.82, 2.24) is 15.1 Å². The molecule has 2 aromatic rings. The van der Waals surface area contributed by atoms with Crippen molar-refractivity contribution in [3.8, 4) is 11.5 Å². The van der Waals surface area contributed by atoms with Gasteiger partial charge in [-0.25, -0.2) is 0 Å². The molecule has 7 heteroatoms. The zero-order valence-electron chi connectivity index (χ0n) is 16.3. The smallest absolute Gasteiger partial charge is 0.254 e. The Balaban J connectivity index is 1.92. The summed E-state index contributed by atoms with van der Waals surface area (Å²) in [6, 6.07) is 3.64. The van der Waals surface area contributed by atoms with Crippen LogP contribution in [-0.4, -0.2) is 41.3 Å². The molecule has 27 heavy (non-hydrogen) atoms. The first-order valence-electron chi connectivity index (χ1n) is 9.30. The summed E-state index contributed by atoms with van der Waals surface area (Å²) in [6.07, 6.45) is 2.83. The van der Waals surface area contributed by atoms with E-state index < -0.39 is 0 Å². The number of hydrogen-bond acceptors (Lipinski definition) is 4. The Bertz CT molecular complexity index is 815. The predicted molar refractivity (Wildman–Crippen MR) is 108 cm³/mol. The van der Waals surface area contributed by atoms with Crippen LogP contribution >= 0.6 is 15.9 Å². The Hall–Kier alpha value is -2.02. The molecule has 1 fully saturated rings. The molecule has 6 nitrogen and oxygen atoms in total. The molecule has 1 amide bonds. The quantitative estimate of drug-likeness (QED) is 0.721. The van der Waals surface area contributed by atoms with Gasteiger partial charge in [0.2, 0.25) is 0 Å². The third kappa shape index (κ3) is 3.83. The second-order valence-corrected chi connectivity index (χ2v) is 7.70. The van der Waals surface area contributed by atoms with Crippen molar-refractivity contribution in [3.05, 3.63) is 39.1 Å². The Kier molecular flexibility index (Phi) is 6.09. The molecule has 0 unspecified atom stereocenters. The summed E-state index contributed by atoms with van der Waals surface area (Å²) in [4.78, 5) is 15.2. The van der Waals surface area contributed by atoms with E-state index in [1.54, 1.807) is 13.2 Å². The lowest BCUT2D eigenvalue weighted by Gasteiger charge is -2.26. The highest BCUT2D eigenvalue weighted by atomic mass is 79.9. The normalized spacial score (nSPS) is 16.6. The summed E-state index contributed by atoms with van der Waals surface area (Å²) in [5.41, 5.74) is 3.71. The van der Waals surface area contributed by atoms with E-state index in [9.17, 15) is 4.79 Å². The standard InChI is InChI=1S/C20H26BrN3O3/c1-5-9-27-19-15(21)10-14(11-17(19)26-4)20(25)24-8-6-7-16(24)18-12(2)22-23-13(18)3/h10-11,16H,5-9H2,1-4H3,(H,22,23)/t16-/m0/s1. The minimum atomic E-state index is -0.00135. The number of carbonyl (C=O) groups excluding carboxylic acids is 1. The lowest BCUT2D eigenvalue weighted by Crippen LogP contribution is -2.31. The third-order valence-electron chi connectivity index (χ3n) is 4.96. The summed E-state index contributed by atoms with van der Waals surface area (Å²) in [5, 5.41) is 7.34. The van der Waals surface area contributed by atoms with Gasteiger partial charge in [-0.2, -0.15) is 5.10 Å². The maximum Gasteiger partial charge on any atom is 0.254 e. The number of ether oxygens (including phenoxy) is 2. The second-order valence-electron chi connectivity index (χ2n) is 6.84. The molecular weight excluding hydrogens is 410 g/mol. The number of nitrogens with one attached hydrogen (secondary N) is 1. The van der Waals surface area contributed by atoms with Gasteiger partial charge in [-0.15, -0.1) is 0 Å². The number of carbonyl (C=O) groups is 1. The van der Waals surface area contributed by atoms with Crippen LogP contribution in [0.15, 0.2) is 16.6 Å². The SMILES string of the molecule is CCCOc1c(Br)cc(C(=O)N2CCC[C@H]2c2c(C)n[nH]c2C)cc1OC. The van der Waals surface area contributed by atoms with Crippen molar-refractivity contribution in [2.45, 2.75) is 46.1 Å². The fraction of sp³-hybridized carbons (Fsp3) is 0.500. The first kappa shape index (κ1) is 19.7. The number of aromatic nitrogens is 2. The number of aryl methyl sites for hydroxylation is 2. The van der Waals surface area contributed by atoms with Crippen LogP contribution in [0.3, 0.4) is 0 Å². The molecule has 146 valence electrons. The lowest BCUT2D eigenvalue weighted by molar-refractivity contribution is 0.0734. The molecule has 0 bridgehead atoms. The van der Waals surface area contributed by atoms with Gasteiger partial charge in [-0.1, -0.05) is 6.92 Å². The first-order chi connectivity index (χ1) is 13.0. The van der Waals surface area contributed by atoms with Gasteiger partial charge < -0.3 is 14.4 Å². The number of likely N-dealkylation sites (tertiary alicyclic amines) is 1. The number of rotatable bonds is 6. The van der Waals surface area contributed by atoms with E-state index in [0.717, 1.165) is 47.2 Å². The van der Waals surface area contributed by atoms with Crippen LogP contribution in [-0.2, 0) is 0 Å². The molecule has 0 saturated carbocycles. The van der Waals surface area contributed by atoms with Crippen molar-refractivity contribution in [2.24, 2.45) is 0 Å². The highest BCUT2D eigenvalue weighted by Gasteiger charge is 2.34. The average Bonchev–Trinajstić information content (AvgIpc) is 3.25. The average molecular weight is 436 g/mol. The van der Waals surface area contributed by atoms with Crippen LogP contribution in [0.5, 0.6) is 11.5 Å². The Morgan fingerprint density at radius 1 is 1.41 bits per heavy atom. The molecule has 1 aromatic carbocycles. The van der Waals surface area contributed by atoms with E-state index >= 15 is 0 Å². The number of amides is 1. The minimum Gasteiger partial charge on any atom is -0.493 e. The summed E-state index contributed by atoms with van der Waals surface area (Å²) in [5.74, 6) is 1.20. The number of benzene rings is 1. The second kappa shape index (κ2) is 8.33. The summed E-state index contributed by atoms with van der Waals surface area (Å²) >= 11 is 3.53. The fourth-order valence-electron chi connectivity index (χ4n) is 3.71. The van der Waals surface area contributed by atoms with E-state index in [1.807, 2.05) is 31.7 Å². The molecule has 1 aromatic heterocycles. The maximum atomic E-state index is 13.3. The number of hydrogen-bond donors (Lipinski definition) is 1. The largest absolute Gasteiger partial charge is 0.493 e. The lowest BCUT2D eigenvalue weighted by atomic mass is 10.0. The number of aromatic amines is 1. The monoisotopic (exact) mass is 435 g/mol. The van der Waals surface area contributed by atoms with Crippen molar-refractivity contribution in [3.63, 3.8) is 0 Å². The van der Waals surface area contributed by atoms with Gasteiger partial charge in [0.05, 0.1) is 29.9 Å². The van der Waals surface area contributed by atoms with Gasteiger partial charge in [0.1, 0.15) is 0 Å². The summed E-state index contributed by atoms with van der Waals surface area (Å²) < 4.78 is 12.0. The van der Waals surface area contributed by atoms with Crippen LogP contribution in [0, 0.1) is 13.8 Å². The molecule has 1 atom stereocenters. The van der Waals surface area contributed by atoms with Crippen LogP contribution in [0.4, 0.5) is 0 Å². The number of halogens is 1. The molecule has 3 rings (SSSR count). The predicted octanol–water partition coefficient (Wildman–Crippen LogP) is 4.56. The summed E-state index contributed by atoms with van der Waals surface area (Å²) in [6.45, 7) is 7.37. The Labute approximate surface area is 168 Å². The summed E-state index contributed by atoms with van der Waals surface area (Å²) in [7, 11) is 1.59. The number of nitrogens with zero attached hydrogens (tertiary/aromatic N) is 2. The molecule has 1 aliphatic rings. The van der Waals surface area contributed by atoms with Crippen molar-refractivity contribution in [2.75, 3.05) is 20.3 Å². The van der Waals surface area contributed by atoms with Gasteiger partial charge in [0.15, 0.2) is 11.5 Å². The molecule has 0 spiro atoms. The molecule has 1 aliphatic heterocycles. The van der Waals surface area contributed by atoms with E-state index in [4.69, 9.17) is 9.47 Å². The zero-order chi connectivity index (χ0) is 19.6. The van der Waals surface area contributed by atoms with E-state index in [1.165, 1.54) is 0 Å². The van der Waals surface area contributed by atoms with Crippen LogP contribution in [0.2, 0.25) is 0 Å². The van der Waals surface area contributed by atoms with Crippen molar-refractivity contribution in [1.29, 1.82) is 0 Å². The minimum absolute atomic E-state index is 0.00135. The Morgan fingerprint density at radius 2 is 2.19 bits per heavy atom. The first-order valence-corrected chi connectivity index (χ1v) is 10.1. The van der Waals surface area contributed by atoms with Crippen molar-refractivity contribution >= 4 is 21.8 Å². The van der Waals surface area contributed by atoms with Crippen LogP contribution in [0.25, 0.3) is 0 Å². The van der Waals surface area contributed by atoms with Gasteiger partial charge in [-0.3, -0.25) is 9.89 Å². The van der Waals surface area contributed by atoms with Crippen molar-refractivity contribution < 1.29 is 14.3 Å². The van der Waals surface area contributed by atoms with Gasteiger partial charge in [-0.05, 0) is 61.2 Å². The highest BCUT2D eigenvalue weighted by Crippen LogP contribution is 2.40. The van der Waals surface area contributed by atoms with Crippen LogP contribution in [0.1, 0.15) is 59.5 Å². The molecule has 1 saturated heterocycles. The van der Waals surface area contributed by atoms with Crippen LogP contribution < -0.4 is 9.47 Å². The fourth-order valence-corrected chi connectivity index (χ4v) is 4.27. The maximum absolute atomic E-state index is 13.3. The Morgan fingerprint density at radius 3 is 2.81 bits per heavy atom. The number of H-pyrrole nitrogens is 1.